The van der Waals surface area contributed by atoms with Crippen molar-refractivity contribution in [2.75, 3.05) is 36.9 Å². The fraction of sp³-hybridized carbons (Fsp3) is 0.278. The van der Waals surface area contributed by atoms with Gasteiger partial charge in [0.1, 0.15) is 0 Å². The lowest BCUT2D eigenvalue weighted by Crippen LogP contribution is -2.40. The Balaban J connectivity index is 1.66. The van der Waals surface area contributed by atoms with Gasteiger partial charge in [-0.3, -0.25) is 0 Å². The number of hydrogen-bond acceptors (Lipinski definition) is 4. The van der Waals surface area contributed by atoms with Gasteiger partial charge < -0.3 is 15.4 Å². The van der Waals surface area contributed by atoms with Crippen LogP contribution in [0.15, 0.2) is 47.4 Å². The normalized spacial score (nSPS) is 15.3. The molecular weight excluding hydrogens is 406 g/mol. The molecule has 0 bridgehead atoms. The average Bonchev–Trinajstić information content (AvgIpc) is 2.66. The minimum absolute atomic E-state index is 0.250. The van der Waals surface area contributed by atoms with Crippen LogP contribution in [-0.2, 0) is 14.8 Å². The van der Waals surface area contributed by atoms with Crippen LogP contribution in [0.1, 0.15) is 5.56 Å². The monoisotopic (exact) mass is 425 g/mol. The number of ether oxygens (including phenoxy) is 1. The average molecular weight is 426 g/mol. The third-order valence-electron chi connectivity index (χ3n) is 4.17. The van der Waals surface area contributed by atoms with E-state index in [-0.39, 0.29) is 4.90 Å². The number of rotatable bonds is 4. The van der Waals surface area contributed by atoms with Crippen molar-refractivity contribution in [3.63, 3.8) is 0 Å². The van der Waals surface area contributed by atoms with Gasteiger partial charge in [0, 0.05) is 29.5 Å². The van der Waals surface area contributed by atoms with E-state index in [2.05, 4.69) is 10.6 Å². The Morgan fingerprint density at radius 2 is 1.78 bits per heavy atom. The lowest BCUT2D eigenvalue weighted by molar-refractivity contribution is 0.0730. The summed E-state index contributed by atoms with van der Waals surface area (Å²) in [6.07, 6.45) is 0. The summed E-state index contributed by atoms with van der Waals surface area (Å²) in [6.45, 7) is 3.53. The third-order valence-corrected chi connectivity index (χ3v) is 6.52. The summed E-state index contributed by atoms with van der Waals surface area (Å²) in [6, 6.07) is 12.0. The lowest BCUT2D eigenvalue weighted by atomic mass is 10.2. The second-order valence-electron chi connectivity index (χ2n) is 6.08. The molecule has 3 rings (SSSR count). The molecule has 2 aromatic carbocycles. The van der Waals surface area contributed by atoms with Crippen LogP contribution < -0.4 is 10.6 Å². The second kappa shape index (κ2) is 8.53. The van der Waals surface area contributed by atoms with E-state index >= 15 is 0 Å². The largest absolute Gasteiger partial charge is 0.379 e. The number of anilines is 2. The molecule has 0 saturated carbocycles. The molecule has 2 N–H and O–H groups in total. The Bertz CT molecular complexity index is 927. The number of benzene rings is 2. The van der Waals surface area contributed by atoms with Crippen LogP contribution in [0, 0.1) is 6.92 Å². The fourth-order valence-corrected chi connectivity index (χ4v) is 4.47. The van der Waals surface area contributed by atoms with Crippen LogP contribution in [0.25, 0.3) is 0 Å². The van der Waals surface area contributed by atoms with Gasteiger partial charge in [0.2, 0.25) is 10.0 Å². The van der Waals surface area contributed by atoms with E-state index in [0.717, 1.165) is 11.3 Å². The molecule has 1 saturated heterocycles. The Morgan fingerprint density at radius 1 is 1.11 bits per heavy atom. The second-order valence-corrected chi connectivity index (χ2v) is 8.86. The van der Waals surface area contributed by atoms with Gasteiger partial charge >= 0.3 is 0 Å². The molecule has 1 aliphatic rings. The van der Waals surface area contributed by atoms with E-state index in [1.165, 1.54) is 4.31 Å². The van der Waals surface area contributed by atoms with Crippen molar-refractivity contribution in [1.82, 2.24) is 4.31 Å². The zero-order valence-electron chi connectivity index (χ0n) is 14.7. The SMILES string of the molecule is Cc1ccc(Cl)cc1NC(=S)Nc1ccc(S(=O)(=O)N2CCOCC2)cc1. The van der Waals surface area contributed by atoms with Crippen LogP contribution in [0.4, 0.5) is 11.4 Å². The molecule has 0 spiro atoms. The summed E-state index contributed by atoms with van der Waals surface area (Å²) in [5.41, 5.74) is 2.51. The zero-order chi connectivity index (χ0) is 19.4. The predicted molar refractivity (Wildman–Crippen MR) is 112 cm³/mol. The number of aryl methyl sites for hydroxylation is 1. The molecule has 144 valence electrons. The van der Waals surface area contributed by atoms with E-state index in [0.29, 0.717) is 42.1 Å². The summed E-state index contributed by atoms with van der Waals surface area (Å²) < 4.78 is 31.9. The topological polar surface area (TPSA) is 70.7 Å². The highest BCUT2D eigenvalue weighted by molar-refractivity contribution is 7.89. The number of nitrogens with zero attached hydrogens (tertiary/aromatic N) is 1. The van der Waals surface area contributed by atoms with E-state index < -0.39 is 10.0 Å². The first-order chi connectivity index (χ1) is 12.9. The van der Waals surface area contributed by atoms with Gasteiger partial charge in [-0.2, -0.15) is 4.31 Å². The smallest absolute Gasteiger partial charge is 0.243 e. The summed E-state index contributed by atoms with van der Waals surface area (Å²) in [4.78, 5) is 0.250. The molecule has 1 aliphatic heterocycles. The van der Waals surface area contributed by atoms with Crippen LogP contribution >= 0.6 is 23.8 Å². The maximum absolute atomic E-state index is 12.6. The Hall–Kier alpha value is -1.71. The van der Waals surface area contributed by atoms with Gasteiger partial charge in [0.15, 0.2) is 5.11 Å². The summed E-state index contributed by atoms with van der Waals surface area (Å²) in [5.74, 6) is 0. The van der Waals surface area contributed by atoms with Crippen molar-refractivity contribution in [1.29, 1.82) is 0 Å². The number of sulfonamides is 1. The minimum Gasteiger partial charge on any atom is -0.379 e. The van der Waals surface area contributed by atoms with Gasteiger partial charge in [0.25, 0.3) is 0 Å². The predicted octanol–water partition coefficient (Wildman–Crippen LogP) is 3.48. The van der Waals surface area contributed by atoms with Crippen molar-refractivity contribution in [3.8, 4) is 0 Å². The van der Waals surface area contributed by atoms with Gasteiger partial charge in [-0.25, -0.2) is 8.42 Å². The molecule has 0 unspecified atom stereocenters. The standard InChI is InChI=1S/C18H20ClN3O3S2/c1-13-2-3-14(19)12-17(13)21-18(26)20-15-4-6-16(7-5-15)27(23,24)22-8-10-25-11-9-22/h2-7,12H,8-11H2,1H3,(H2,20,21,26). The molecule has 0 aliphatic carbocycles. The Morgan fingerprint density at radius 3 is 2.44 bits per heavy atom. The number of nitrogens with one attached hydrogen (secondary N) is 2. The van der Waals surface area contributed by atoms with Crippen molar-refractivity contribution in [2.24, 2.45) is 0 Å². The van der Waals surface area contributed by atoms with Crippen LogP contribution in [0.5, 0.6) is 0 Å². The molecule has 0 amide bonds. The molecular formula is C18H20ClN3O3S2. The molecule has 27 heavy (non-hydrogen) atoms. The van der Waals surface area contributed by atoms with Crippen molar-refractivity contribution < 1.29 is 13.2 Å². The van der Waals surface area contributed by atoms with Gasteiger partial charge in [-0.05, 0) is 61.1 Å². The zero-order valence-corrected chi connectivity index (χ0v) is 17.1. The summed E-state index contributed by atoms with van der Waals surface area (Å²) in [7, 11) is -3.50. The van der Waals surface area contributed by atoms with E-state index in [9.17, 15) is 8.42 Å². The van der Waals surface area contributed by atoms with Gasteiger partial charge in [-0.15, -0.1) is 0 Å². The molecule has 0 radical (unpaired) electrons. The molecule has 1 heterocycles. The van der Waals surface area contributed by atoms with E-state index in [1.807, 2.05) is 19.1 Å². The highest BCUT2D eigenvalue weighted by Crippen LogP contribution is 2.22. The molecule has 1 fully saturated rings. The maximum Gasteiger partial charge on any atom is 0.243 e. The van der Waals surface area contributed by atoms with Crippen LogP contribution in [0.2, 0.25) is 5.02 Å². The van der Waals surface area contributed by atoms with Crippen molar-refractivity contribution in [2.45, 2.75) is 11.8 Å². The molecule has 2 aromatic rings. The number of hydrogen-bond donors (Lipinski definition) is 2. The third kappa shape index (κ3) is 4.97. The van der Waals surface area contributed by atoms with Gasteiger partial charge in [0.05, 0.1) is 18.1 Å². The van der Waals surface area contributed by atoms with Gasteiger partial charge in [-0.1, -0.05) is 17.7 Å². The van der Waals surface area contributed by atoms with Crippen molar-refractivity contribution in [3.05, 3.63) is 53.1 Å². The number of morpholine rings is 1. The molecule has 6 nitrogen and oxygen atoms in total. The molecule has 9 heteroatoms. The first kappa shape index (κ1) is 20.0. The Labute approximate surface area is 169 Å². The number of halogens is 1. The minimum atomic E-state index is -3.50. The molecule has 0 atom stereocenters. The molecule has 0 aromatic heterocycles. The Kier molecular flexibility index (Phi) is 6.33. The fourth-order valence-electron chi connectivity index (χ4n) is 2.66. The van der Waals surface area contributed by atoms with E-state index in [4.69, 9.17) is 28.6 Å². The summed E-state index contributed by atoms with van der Waals surface area (Å²) >= 11 is 11.3. The van der Waals surface area contributed by atoms with E-state index in [1.54, 1.807) is 30.3 Å². The van der Waals surface area contributed by atoms with Crippen molar-refractivity contribution >= 4 is 50.3 Å². The first-order valence-electron chi connectivity index (χ1n) is 8.38. The quantitative estimate of drug-likeness (QED) is 0.731. The number of thiocarbonyl (C=S) groups is 1. The highest BCUT2D eigenvalue weighted by Gasteiger charge is 2.26. The van der Waals surface area contributed by atoms with Crippen LogP contribution in [0.3, 0.4) is 0 Å². The summed E-state index contributed by atoms with van der Waals surface area (Å²) in [5, 5.41) is 7.14. The lowest BCUT2D eigenvalue weighted by Gasteiger charge is -2.26. The first-order valence-corrected chi connectivity index (χ1v) is 10.6. The van der Waals surface area contributed by atoms with Crippen LogP contribution in [-0.4, -0.2) is 44.1 Å². The maximum atomic E-state index is 12.6. The highest BCUT2D eigenvalue weighted by atomic mass is 35.5.